The van der Waals surface area contributed by atoms with Crippen molar-refractivity contribution in [2.45, 2.75) is 42.9 Å². The number of carbonyl (C=O) groups excluding carboxylic acids is 1. The molecule has 11 heteroatoms. The maximum Gasteiger partial charge on any atom is 0.260 e. The minimum atomic E-state index is -3.31. The van der Waals surface area contributed by atoms with Gasteiger partial charge < -0.3 is 4.52 Å². The van der Waals surface area contributed by atoms with E-state index in [-0.39, 0.29) is 40.7 Å². The number of nitrogens with zero attached hydrogens (tertiary/aromatic N) is 2. The van der Waals surface area contributed by atoms with Gasteiger partial charge in [0.15, 0.2) is 15.7 Å². The van der Waals surface area contributed by atoms with Crippen LogP contribution in [-0.4, -0.2) is 30.1 Å². The molecule has 0 atom stereocenters. The summed E-state index contributed by atoms with van der Waals surface area (Å²) in [6.45, 7) is 1.58. The van der Waals surface area contributed by atoms with Gasteiger partial charge in [0.25, 0.3) is 5.89 Å². The second-order valence-corrected chi connectivity index (χ2v) is 12.6. The van der Waals surface area contributed by atoms with Crippen LogP contribution in [0.2, 0.25) is 10.0 Å². The molecule has 1 heterocycles. The Balaban J connectivity index is 1.33. The Morgan fingerprint density at radius 1 is 0.974 bits per heavy atom. The summed E-state index contributed by atoms with van der Waals surface area (Å²) >= 11 is 13.3. The van der Waals surface area contributed by atoms with Crippen LogP contribution >= 0.6 is 23.2 Å². The quantitative estimate of drug-likeness (QED) is 0.219. The summed E-state index contributed by atoms with van der Waals surface area (Å²) in [7, 11) is -3.31. The summed E-state index contributed by atoms with van der Waals surface area (Å²) in [6, 6.07) is 12.7. The molecule has 39 heavy (non-hydrogen) atoms. The maximum absolute atomic E-state index is 14.2. The minimum absolute atomic E-state index is 0.00472. The molecule has 1 aliphatic carbocycles. The lowest BCUT2D eigenvalue weighted by Gasteiger charge is -2.17. The number of ketones is 1. The highest BCUT2D eigenvalue weighted by Gasteiger charge is 2.52. The van der Waals surface area contributed by atoms with Crippen molar-refractivity contribution >= 4 is 38.8 Å². The predicted molar refractivity (Wildman–Crippen MR) is 143 cm³/mol. The highest BCUT2D eigenvalue weighted by molar-refractivity contribution is 7.91. The molecule has 1 fully saturated rings. The number of Topliss-reactive ketones (excluding diaryl/α,β-unsaturated/α-hetero) is 1. The van der Waals surface area contributed by atoms with E-state index in [2.05, 4.69) is 10.1 Å². The van der Waals surface area contributed by atoms with E-state index in [1.807, 2.05) is 0 Å². The predicted octanol–water partition coefficient (Wildman–Crippen LogP) is 6.55. The van der Waals surface area contributed by atoms with Crippen molar-refractivity contribution in [1.82, 2.24) is 10.1 Å². The Kier molecular flexibility index (Phi) is 7.35. The van der Waals surface area contributed by atoms with E-state index < -0.39 is 26.9 Å². The second kappa shape index (κ2) is 10.4. The van der Waals surface area contributed by atoms with Gasteiger partial charge in [-0.1, -0.05) is 47.4 Å². The molecule has 0 amide bonds. The summed E-state index contributed by atoms with van der Waals surface area (Å²) < 4.78 is 56.8. The fraction of sp³-hybridized carbons (Fsp3) is 0.250. The third-order valence-electron chi connectivity index (χ3n) is 6.81. The number of sulfone groups is 1. The molecule has 0 saturated heterocycles. The zero-order valence-electron chi connectivity index (χ0n) is 20.7. The van der Waals surface area contributed by atoms with Gasteiger partial charge in [0, 0.05) is 34.5 Å². The highest BCUT2D eigenvalue weighted by Crippen LogP contribution is 2.56. The summed E-state index contributed by atoms with van der Waals surface area (Å²) in [6.07, 6.45) is 1.48. The topological polar surface area (TPSA) is 90.1 Å². The first kappa shape index (κ1) is 27.4. The zero-order chi connectivity index (χ0) is 27.9. The van der Waals surface area contributed by atoms with Crippen molar-refractivity contribution in [2.24, 2.45) is 0 Å². The van der Waals surface area contributed by atoms with E-state index in [0.717, 1.165) is 12.1 Å². The molecule has 3 aromatic carbocycles. The van der Waals surface area contributed by atoms with Crippen LogP contribution in [0, 0.1) is 11.6 Å². The number of hydrogen-bond donors (Lipinski definition) is 0. The van der Waals surface area contributed by atoms with E-state index in [0.29, 0.717) is 45.4 Å². The van der Waals surface area contributed by atoms with Crippen molar-refractivity contribution in [3.05, 3.63) is 98.8 Å². The lowest BCUT2D eigenvalue weighted by Crippen LogP contribution is -2.14. The zero-order valence-corrected chi connectivity index (χ0v) is 23.0. The summed E-state index contributed by atoms with van der Waals surface area (Å²) in [4.78, 5) is 17.3. The Labute approximate surface area is 233 Å². The first-order valence-corrected chi connectivity index (χ1v) is 14.5. The van der Waals surface area contributed by atoms with Gasteiger partial charge in [0.05, 0.1) is 21.6 Å². The molecule has 0 bridgehead atoms. The van der Waals surface area contributed by atoms with Gasteiger partial charge in [-0.3, -0.25) is 4.79 Å². The van der Waals surface area contributed by atoms with Crippen LogP contribution in [-0.2, 0) is 32.9 Å². The molecule has 1 aliphatic rings. The molecule has 1 saturated carbocycles. The third-order valence-corrected chi connectivity index (χ3v) is 9.16. The van der Waals surface area contributed by atoms with Crippen LogP contribution in [0.3, 0.4) is 0 Å². The molecule has 5 rings (SSSR count). The SMILES string of the molecule is CCS(=O)(=O)c1ccc(CC(=O)Cc2cc(Cl)c(C3(c4noc(-c5ccc(F)cc5F)n4)CC3)c(Cl)c2)cc1. The van der Waals surface area contributed by atoms with Gasteiger partial charge in [0.1, 0.15) is 17.4 Å². The van der Waals surface area contributed by atoms with Crippen LogP contribution in [0.1, 0.15) is 42.3 Å². The third kappa shape index (κ3) is 5.48. The molecule has 0 unspecified atom stereocenters. The first-order chi connectivity index (χ1) is 18.5. The molecular formula is C28H22Cl2F2N2O4S. The number of halogens is 4. The van der Waals surface area contributed by atoms with Crippen LogP contribution < -0.4 is 0 Å². The van der Waals surface area contributed by atoms with Gasteiger partial charge in [0.2, 0.25) is 0 Å². The molecule has 0 radical (unpaired) electrons. The summed E-state index contributed by atoms with van der Waals surface area (Å²) in [5.41, 5.74) is 1.20. The van der Waals surface area contributed by atoms with Crippen LogP contribution in [0.25, 0.3) is 11.5 Å². The van der Waals surface area contributed by atoms with E-state index in [1.54, 1.807) is 31.2 Å². The van der Waals surface area contributed by atoms with E-state index in [9.17, 15) is 22.0 Å². The fourth-order valence-corrected chi connectivity index (χ4v) is 6.36. The monoisotopic (exact) mass is 590 g/mol. The van der Waals surface area contributed by atoms with Crippen molar-refractivity contribution in [2.75, 3.05) is 5.75 Å². The van der Waals surface area contributed by atoms with E-state index >= 15 is 0 Å². The van der Waals surface area contributed by atoms with E-state index in [4.69, 9.17) is 27.7 Å². The second-order valence-electron chi connectivity index (χ2n) is 9.50. The number of hydrogen-bond acceptors (Lipinski definition) is 6. The molecular weight excluding hydrogens is 569 g/mol. The normalized spacial score (nSPS) is 14.4. The minimum Gasteiger partial charge on any atom is -0.334 e. The van der Waals surface area contributed by atoms with E-state index in [1.165, 1.54) is 18.2 Å². The highest BCUT2D eigenvalue weighted by atomic mass is 35.5. The molecule has 4 aromatic rings. The number of benzene rings is 3. The van der Waals surface area contributed by atoms with Gasteiger partial charge in [-0.15, -0.1) is 0 Å². The largest absolute Gasteiger partial charge is 0.334 e. The van der Waals surface area contributed by atoms with Gasteiger partial charge >= 0.3 is 0 Å². The molecule has 202 valence electrons. The molecule has 6 nitrogen and oxygen atoms in total. The first-order valence-electron chi connectivity index (χ1n) is 12.1. The lowest BCUT2D eigenvalue weighted by atomic mass is 9.92. The van der Waals surface area contributed by atoms with Crippen LogP contribution in [0.15, 0.2) is 64.0 Å². The Bertz CT molecular complexity index is 1660. The number of aromatic nitrogens is 2. The van der Waals surface area contributed by atoms with Crippen LogP contribution in [0.5, 0.6) is 0 Å². The van der Waals surface area contributed by atoms with Gasteiger partial charge in [-0.2, -0.15) is 4.98 Å². The Hall–Kier alpha value is -3.14. The molecule has 0 aliphatic heterocycles. The van der Waals surface area contributed by atoms with Gasteiger partial charge in [-0.25, -0.2) is 17.2 Å². The fourth-order valence-electron chi connectivity index (χ4n) is 4.58. The van der Waals surface area contributed by atoms with Crippen molar-refractivity contribution in [3.8, 4) is 11.5 Å². The Morgan fingerprint density at radius 2 is 1.62 bits per heavy atom. The maximum atomic E-state index is 14.2. The lowest BCUT2D eigenvalue weighted by molar-refractivity contribution is -0.117. The average molecular weight is 591 g/mol. The number of rotatable bonds is 9. The van der Waals surface area contributed by atoms with Crippen molar-refractivity contribution in [3.63, 3.8) is 0 Å². The smallest absolute Gasteiger partial charge is 0.260 e. The van der Waals surface area contributed by atoms with Crippen molar-refractivity contribution in [1.29, 1.82) is 0 Å². The molecule has 0 spiro atoms. The van der Waals surface area contributed by atoms with Crippen molar-refractivity contribution < 1.29 is 26.5 Å². The standard InChI is InChI=1S/C28H22Cl2F2N2O4S/c1-2-39(36,37)20-6-3-16(4-7-20)11-19(35)12-17-13-22(29)25(23(30)14-17)28(9-10-28)27-33-26(38-34-27)21-8-5-18(31)15-24(21)32/h3-8,13-15H,2,9-12H2,1H3. The molecule has 0 N–H and O–H groups in total. The summed E-state index contributed by atoms with van der Waals surface area (Å²) in [5, 5.41) is 4.73. The average Bonchev–Trinajstić information content (AvgIpc) is 3.51. The van der Waals surface area contributed by atoms with Crippen LogP contribution in [0.4, 0.5) is 8.78 Å². The summed E-state index contributed by atoms with van der Waals surface area (Å²) in [5.74, 6) is -1.41. The molecule has 1 aromatic heterocycles. The van der Waals surface area contributed by atoms with Gasteiger partial charge in [-0.05, 0) is 60.4 Å². The number of carbonyl (C=O) groups is 1. The Morgan fingerprint density at radius 3 is 2.21 bits per heavy atom.